The summed E-state index contributed by atoms with van der Waals surface area (Å²) in [6.45, 7) is 16.2. The van der Waals surface area contributed by atoms with E-state index in [9.17, 15) is 4.79 Å². The van der Waals surface area contributed by atoms with E-state index in [-0.39, 0.29) is 5.78 Å². The Morgan fingerprint density at radius 1 is 0.886 bits per heavy atom. The minimum Gasteiger partial charge on any atom is -0.294 e. The summed E-state index contributed by atoms with van der Waals surface area (Å²) in [5, 5.41) is 6.10. The molecule has 0 heterocycles. The van der Waals surface area contributed by atoms with Crippen molar-refractivity contribution in [3.8, 4) is 11.1 Å². The van der Waals surface area contributed by atoms with E-state index < -0.39 is 0 Å². The topological polar surface area (TPSA) is 32.7 Å². The summed E-state index contributed by atoms with van der Waals surface area (Å²) in [7, 11) is 0. The Balaban J connectivity index is 0.00000145. The zero-order chi connectivity index (χ0) is 25.9. The predicted molar refractivity (Wildman–Crippen MR) is 153 cm³/mol. The van der Waals surface area contributed by atoms with E-state index in [0.717, 1.165) is 30.5 Å². The number of benzene rings is 3. The molecule has 0 spiro atoms. The van der Waals surface area contributed by atoms with Gasteiger partial charge in [0.15, 0.2) is 5.78 Å². The average Bonchev–Trinajstić information content (AvgIpc) is 2.94. The maximum absolute atomic E-state index is 12.7. The zero-order valence-electron chi connectivity index (χ0n) is 21.8. The lowest BCUT2D eigenvalue weighted by Crippen LogP contribution is -2.12. The minimum atomic E-state index is 0.135. The van der Waals surface area contributed by atoms with Gasteiger partial charge >= 0.3 is 0 Å². The Morgan fingerprint density at radius 2 is 1.51 bits per heavy atom. The molecule has 3 aromatic rings. The lowest BCUT2D eigenvalue weighted by atomic mass is 9.92. The van der Waals surface area contributed by atoms with Gasteiger partial charge in [-0.25, -0.2) is 0 Å². The molecule has 0 unspecified atom stereocenters. The fourth-order valence-corrected chi connectivity index (χ4v) is 3.54. The fourth-order valence-electron chi connectivity index (χ4n) is 3.54. The van der Waals surface area contributed by atoms with Gasteiger partial charge in [0.1, 0.15) is 0 Å². The average molecular weight is 469 g/mol. The van der Waals surface area contributed by atoms with Crippen LogP contribution in [0.15, 0.2) is 109 Å². The molecule has 0 radical (unpaired) electrons. The normalized spacial score (nSPS) is 9.83. The number of hydrazone groups is 1. The molecule has 0 aromatic heterocycles. The quantitative estimate of drug-likeness (QED) is 0.161. The van der Waals surface area contributed by atoms with Crippen LogP contribution in [-0.4, -0.2) is 23.6 Å². The number of hydrogen-bond donors (Lipinski definition) is 0. The Morgan fingerprint density at radius 3 is 2.11 bits per heavy atom. The summed E-state index contributed by atoms with van der Waals surface area (Å²) in [5.41, 5.74) is 5.41. The first kappa shape index (κ1) is 29.3. The lowest BCUT2D eigenvalue weighted by Gasteiger charge is -2.16. The number of carbonyl (C=O) groups excluding carboxylic acids is 1. The van der Waals surface area contributed by atoms with E-state index in [1.54, 1.807) is 18.5 Å². The van der Waals surface area contributed by atoms with Crippen LogP contribution in [0.1, 0.15) is 55.6 Å². The number of Topliss-reactive ketones (excluding diaryl/α,β-unsaturated/α-hetero) is 1. The summed E-state index contributed by atoms with van der Waals surface area (Å²) in [6.07, 6.45) is 7.22. The van der Waals surface area contributed by atoms with Gasteiger partial charge in [-0.1, -0.05) is 120 Å². The smallest absolute Gasteiger partial charge is 0.167 e. The molecule has 0 fully saturated rings. The van der Waals surface area contributed by atoms with Crippen LogP contribution in [0.3, 0.4) is 0 Å². The van der Waals surface area contributed by atoms with Crippen LogP contribution in [0, 0.1) is 0 Å². The fraction of sp³-hybridized carbons (Fsp3) is 0.250. The Kier molecular flexibility index (Phi) is 14.8. The summed E-state index contributed by atoms with van der Waals surface area (Å²) in [5.74, 6) is 0.135. The third-order valence-corrected chi connectivity index (χ3v) is 5.08. The maximum Gasteiger partial charge on any atom is 0.167 e. The number of aryl methyl sites for hydroxylation is 1. The molecular formula is C32H40N2O. The van der Waals surface area contributed by atoms with Crippen molar-refractivity contribution in [1.29, 1.82) is 0 Å². The molecule has 0 atom stereocenters. The van der Waals surface area contributed by atoms with Gasteiger partial charge in [-0.3, -0.25) is 9.80 Å². The Labute approximate surface area is 212 Å². The largest absolute Gasteiger partial charge is 0.294 e. The van der Waals surface area contributed by atoms with Crippen molar-refractivity contribution < 1.29 is 4.79 Å². The standard InChI is InChI=1S/C28H28N2O.2C2H6/c1-3-19-29-30(4-2)20-11-16-26-21-23(22-28(31)25-14-9-6-10-15-25)17-18-27(26)24-12-7-5-8-13-24;2*1-2/h3-10,12-15,17-19,21H,1-2,11,16,20,22H2;2*1-2H3/b29-19-;;. The molecule has 0 amide bonds. The highest BCUT2D eigenvalue weighted by molar-refractivity contribution is 5.97. The van der Waals surface area contributed by atoms with E-state index in [1.807, 2.05) is 69.1 Å². The van der Waals surface area contributed by atoms with Gasteiger partial charge in [-0.15, -0.1) is 0 Å². The van der Waals surface area contributed by atoms with Gasteiger partial charge in [0, 0.05) is 30.9 Å². The molecule has 0 aliphatic heterocycles. The molecule has 0 bridgehead atoms. The van der Waals surface area contributed by atoms with E-state index >= 15 is 0 Å². The molecule has 0 saturated heterocycles. The van der Waals surface area contributed by atoms with Gasteiger partial charge in [0.2, 0.25) is 0 Å². The number of hydrogen-bond acceptors (Lipinski definition) is 3. The second kappa shape index (κ2) is 17.7. The SMILES string of the molecule is C=C/C=N\N(C=C)CCCc1cc(CC(=O)c2ccccc2)ccc1-c1ccccc1.CC.CC. The van der Waals surface area contributed by atoms with Crippen molar-refractivity contribution in [2.24, 2.45) is 5.10 Å². The number of nitrogens with zero attached hydrogens (tertiary/aromatic N) is 2. The summed E-state index contributed by atoms with van der Waals surface area (Å²) in [6, 6.07) is 26.2. The monoisotopic (exact) mass is 468 g/mol. The van der Waals surface area contributed by atoms with Gasteiger partial charge in [0.25, 0.3) is 0 Å². The Hall–Kier alpha value is -3.72. The molecule has 3 nitrogen and oxygen atoms in total. The van der Waals surface area contributed by atoms with Crippen molar-refractivity contribution >= 4 is 12.0 Å². The number of allylic oxidation sites excluding steroid dienone is 1. The van der Waals surface area contributed by atoms with Crippen molar-refractivity contribution in [2.75, 3.05) is 6.54 Å². The second-order valence-electron chi connectivity index (χ2n) is 7.27. The number of rotatable bonds is 11. The highest BCUT2D eigenvalue weighted by Gasteiger charge is 2.11. The third-order valence-electron chi connectivity index (χ3n) is 5.08. The van der Waals surface area contributed by atoms with Gasteiger partial charge in [-0.2, -0.15) is 5.10 Å². The lowest BCUT2D eigenvalue weighted by molar-refractivity contribution is 0.0993. The van der Waals surface area contributed by atoms with E-state index in [4.69, 9.17) is 0 Å². The molecule has 3 rings (SSSR count). The van der Waals surface area contributed by atoms with Crippen LogP contribution in [0.4, 0.5) is 0 Å². The predicted octanol–water partition coefficient (Wildman–Crippen LogP) is 8.38. The zero-order valence-corrected chi connectivity index (χ0v) is 21.8. The van der Waals surface area contributed by atoms with Crippen LogP contribution in [0.25, 0.3) is 11.1 Å². The van der Waals surface area contributed by atoms with E-state index in [1.165, 1.54) is 16.7 Å². The Bertz CT molecular complexity index is 1040. The molecule has 3 aromatic carbocycles. The van der Waals surface area contributed by atoms with Crippen LogP contribution < -0.4 is 0 Å². The van der Waals surface area contributed by atoms with E-state index in [0.29, 0.717) is 6.42 Å². The molecule has 0 aliphatic rings. The number of ketones is 1. The van der Waals surface area contributed by atoms with Gasteiger partial charge < -0.3 is 0 Å². The van der Waals surface area contributed by atoms with Gasteiger partial charge in [0.05, 0.1) is 0 Å². The van der Waals surface area contributed by atoms with Crippen molar-refractivity contribution in [3.63, 3.8) is 0 Å². The highest BCUT2D eigenvalue weighted by atomic mass is 16.1. The van der Waals surface area contributed by atoms with Crippen LogP contribution in [-0.2, 0) is 12.8 Å². The van der Waals surface area contributed by atoms with E-state index in [2.05, 4.69) is 60.7 Å². The molecule has 0 N–H and O–H groups in total. The second-order valence-corrected chi connectivity index (χ2v) is 7.27. The molecule has 0 aliphatic carbocycles. The maximum atomic E-state index is 12.7. The number of carbonyl (C=O) groups is 1. The van der Waals surface area contributed by atoms with Crippen LogP contribution in [0.5, 0.6) is 0 Å². The molecule has 35 heavy (non-hydrogen) atoms. The molecule has 0 saturated carbocycles. The highest BCUT2D eigenvalue weighted by Crippen LogP contribution is 2.26. The van der Waals surface area contributed by atoms with Crippen molar-refractivity contribution in [3.05, 3.63) is 121 Å². The first-order valence-corrected chi connectivity index (χ1v) is 12.5. The third kappa shape index (κ3) is 9.97. The molecule has 3 heteroatoms. The minimum absolute atomic E-state index is 0.135. The summed E-state index contributed by atoms with van der Waals surface area (Å²) in [4.78, 5) is 12.7. The molecule has 184 valence electrons. The van der Waals surface area contributed by atoms with Crippen LogP contribution >= 0.6 is 0 Å². The first-order valence-electron chi connectivity index (χ1n) is 12.5. The first-order chi connectivity index (χ1) is 17.2. The van der Waals surface area contributed by atoms with Crippen molar-refractivity contribution in [2.45, 2.75) is 47.0 Å². The summed E-state index contributed by atoms with van der Waals surface area (Å²) >= 11 is 0. The van der Waals surface area contributed by atoms with Crippen molar-refractivity contribution in [1.82, 2.24) is 5.01 Å². The summed E-state index contributed by atoms with van der Waals surface area (Å²) < 4.78 is 0. The molecular weight excluding hydrogens is 428 g/mol. The van der Waals surface area contributed by atoms with Gasteiger partial charge in [-0.05, 0) is 41.2 Å². The van der Waals surface area contributed by atoms with Crippen LogP contribution in [0.2, 0.25) is 0 Å².